The molecule has 2 heterocycles. The average molecular weight is 260 g/mol. The number of pyridine rings is 1. The van der Waals surface area contributed by atoms with Gasteiger partial charge in [-0.05, 0) is 31.5 Å². The van der Waals surface area contributed by atoms with Crippen LogP contribution in [-0.4, -0.2) is 20.7 Å². The number of nitrogens with two attached hydrogens (primary N) is 1. The van der Waals surface area contributed by atoms with E-state index in [0.29, 0.717) is 5.69 Å². The molecule has 100 valence electrons. The molecule has 0 aliphatic carbocycles. The largest absolute Gasteiger partial charge is 0.459 e. The van der Waals surface area contributed by atoms with Crippen LogP contribution >= 0.6 is 0 Å². The fourth-order valence-electron chi connectivity index (χ4n) is 1.68. The number of carbonyl (C=O) groups is 1. The average Bonchev–Trinajstić information content (AvgIpc) is 2.65. The number of hydrogen-bond acceptors (Lipinski definition) is 5. The van der Waals surface area contributed by atoms with Gasteiger partial charge in [-0.2, -0.15) is 5.10 Å². The minimum atomic E-state index is -0.345. The Morgan fingerprint density at radius 2 is 2.05 bits per heavy atom. The van der Waals surface area contributed by atoms with Crippen molar-refractivity contribution in [3.05, 3.63) is 41.5 Å². The number of nitrogen functional groups attached to an aromatic ring is 1. The molecule has 6 heteroatoms. The van der Waals surface area contributed by atoms with Crippen LogP contribution in [-0.2, 0) is 22.7 Å². The lowest BCUT2D eigenvalue weighted by molar-refractivity contribution is -0.145. The molecule has 2 aromatic rings. The summed E-state index contributed by atoms with van der Waals surface area (Å²) in [4.78, 5) is 15.6. The molecule has 0 unspecified atom stereocenters. The summed E-state index contributed by atoms with van der Waals surface area (Å²) in [6.45, 7) is 3.93. The summed E-state index contributed by atoms with van der Waals surface area (Å²) in [6.07, 6.45) is 3.32. The van der Waals surface area contributed by atoms with Crippen LogP contribution in [0.4, 0.5) is 5.69 Å². The van der Waals surface area contributed by atoms with Crippen molar-refractivity contribution in [1.29, 1.82) is 0 Å². The first-order valence-electron chi connectivity index (χ1n) is 5.92. The third-order valence-corrected chi connectivity index (χ3v) is 2.87. The van der Waals surface area contributed by atoms with E-state index in [-0.39, 0.29) is 19.1 Å². The first-order valence-corrected chi connectivity index (χ1v) is 5.92. The molecule has 0 radical (unpaired) electrons. The SMILES string of the molecule is Cc1nn(CC(=O)OCc2ccncc2)c(C)c1N. The summed E-state index contributed by atoms with van der Waals surface area (Å²) in [5, 5.41) is 4.19. The van der Waals surface area contributed by atoms with Crippen molar-refractivity contribution in [2.75, 3.05) is 5.73 Å². The lowest BCUT2D eigenvalue weighted by Gasteiger charge is -2.06. The topological polar surface area (TPSA) is 83.0 Å². The lowest BCUT2D eigenvalue weighted by Crippen LogP contribution is -2.15. The van der Waals surface area contributed by atoms with Crippen LogP contribution < -0.4 is 5.73 Å². The molecule has 0 saturated heterocycles. The number of hydrogen-bond donors (Lipinski definition) is 1. The van der Waals surface area contributed by atoms with Crippen LogP contribution in [0.2, 0.25) is 0 Å². The molecule has 0 bridgehead atoms. The summed E-state index contributed by atoms with van der Waals surface area (Å²) >= 11 is 0. The van der Waals surface area contributed by atoms with Crippen LogP contribution in [0.3, 0.4) is 0 Å². The number of aromatic nitrogens is 3. The fourth-order valence-corrected chi connectivity index (χ4v) is 1.68. The first kappa shape index (κ1) is 13.1. The molecule has 6 nitrogen and oxygen atoms in total. The number of aryl methyl sites for hydroxylation is 1. The molecule has 0 aliphatic rings. The van der Waals surface area contributed by atoms with E-state index in [1.54, 1.807) is 36.1 Å². The Morgan fingerprint density at radius 3 is 2.63 bits per heavy atom. The van der Waals surface area contributed by atoms with Gasteiger partial charge in [0.15, 0.2) is 0 Å². The summed E-state index contributed by atoms with van der Waals surface area (Å²) in [6, 6.07) is 3.60. The highest BCUT2D eigenvalue weighted by atomic mass is 16.5. The highest BCUT2D eigenvalue weighted by Gasteiger charge is 2.12. The second-order valence-electron chi connectivity index (χ2n) is 4.26. The molecule has 0 spiro atoms. The van der Waals surface area contributed by atoms with Gasteiger partial charge in [-0.25, -0.2) is 0 Å². The molecule has 0 amide bonds. The van der Waals surface area contributed by atoms with Gasteiger partial charge in [0.1, 0.15) is 13.2 Å². The normalized spacial score (nSPS) is 10.4. The molecule has 19 heavy (non-hydrogen) atoms. The first-order chi connectivity index (χ1) is 9.08. The van der Waals surface area contributed by atoms with E-state index >= 15 is 0 Å². The van der Waals surface area contributed by atoms with Crippen molar-refractivity contribution < 1.29 is 9.53 Å². The molecule has 2 N–H and O–H groups in total. The van der Waals surface area contributed by atoms with Gasteiger partial charge in [0.2, 0.25) is 0 Å². The smallest absolute Gasteiger partial charge is 0.328 e. The van der Waals surface area contributed by atoms with Gasteiger partial charge >= 0.3 is 5.97 Å². The van der Waals surface area contributed by atoms with E-state index in [0.717, 1.165) is 17.0 Å². The van der Waals surface area contributed by atoms with Gasteiger partial charge in [0.05, 0.1) is 17.1 Å². The summed E-state index contributed by atoms with van der Waals surface area (Å²) < 4.78 is 6.72. The Hall–Kier alpha value is -2.37. The van der Waals surface area contributed by atoms with Crippen molar-refractivity contribution in [3.63, 3.8) is 0 Å². The second kappa shape index (κ2) is 5.51. The van der Waals surface area contributed by atoms with Crippen LogP contribution in [0.15, 0.2) is 24.5 Å². The van der Waals surface area contributed by atoms with Crippen molar-refractivity contribution in [1.82, 2.24) is 14.8 Å². The number of ether oxygens (including phenoxy) is 1. The van der Waals surface area contributed by atoms with E-state index in [4.69, 9.17) is 10.5 Å². The third-order valence-electron chi connectivity index (χ3n) is 2.87. The second-order valence-corrected chi connectivity index (χ2v) is 4.26. The molecular weight excluding hydrogens is 244 g/mol. The number of rotatable bonds is 4. The van der Waals surface area contributed by atoms with Gasteiger partial charge in [0, 0.05) is 12.4 Å². The maximum Gasteiger partial charge on any atom is 0.328 e. The molecule has 2 rings (SSSR count). The summed E-state index contributed by atoms with van der Waals surface area (Å²) in [5.41, 5.74) is 8.81. The maximum absolute atomic E-state index is 11.7. The van der Waals surface area contributed by atoms with Gasteiger partial charge in [0.25, 0.3) is 0 Å². The Labute approximate surface area is 111 Å². The lowest BCUT2D eigenvalue weighted by atomic mass is 10.3. The minimum absolute atomic E-state index is 0.0644. The number of carbonyl (C=O) groups excluding carboxylic acids is 1. The van der Waals surface area contributed by atoms with Crippen molar-refractivity contribution in [2.45, 2.75) is 27.0 Å². The van der Waals surface area contributed by atoms with Gasteiger partial charge in [-0.3, -0.25) is 14.5 Å². The van der Waals surface area contributed by atoms with E-state index < -0.39 is 0 Å². The zero-order valence-electron chi connectivity index (χ0n) is 11.0. The molecule has 0 aromatic carbocycles. The van der Waals surface area contributed by atoms with Crippen molar-refractivity contribution >= 4 is 11.7 Å². The van der Waals surface area contributed by atoms with Gasteiger partial charge in [-0.15, -0.1) is 0 Å². The van der Waals surface area contributed by atoms with E-state index in [1.807, 2.05) is 6.92 Å². The van der Waals surface area contributed by atoms with Crippen molar-refractivity contribution in [3.8, 4) is 0 Å². The standard InChI is InChI=1S/C13H16N4O2/c1-9-13(14)10(2)17(16-9)7-12(18)19-8-11-3-5-15-6-4-11/h3-6H,7-8,14H2,1-2H3. The minimum Gasteiger partial charge on any atom is -0.459 e. The molecular formula is C13H16N4O2. The zero-order chi connectivity index (χ0) is 13.8. The van der Waals surface area contributed by atoms with Crippen LogP contribution in [0.5, 0.6) is 0 Å². The van der Waals surface area contributed by atoms with Gasteiger partial charge < -0.3 is 10.5 Å². The number of nitrogens with zero attached hydrogens (tertiary/aromatic N) is 3. The summed E-state index contributed by atoms with van der Waals surface area (Å²) in [7, 11) is 0. The number of esters is 1. The predicted octanol–water partition coefficient (Wildman–Crippen LogP) is 1.22. The quantitative estimate of drug-likeness (QED) is 0.836. The summed E-state index contributed by atoms with van der Waals surface area (Å²) in [5.74, 6) is -0.345. The highest BCUT2D eigenvalue weighted by molar-refractivity contribution is 5.69. The monoisotopic (exact) mass is 260 g/mol. The molecule has 0 atom stereocenters. The highest BCUT2D eigenvalue weighted by Crippen LogP contribution is 2.14. The molecule has 0 aliphatic heterocycles. The maximum atomic E-state index is 11.7. The Bertz CT molecular complexity index is 578. The molecule has 0 saturated carbocycles. The fraction of sp³-hybridized carbons (Fsp3) is 0.308. The molecule has 2 aromatic heterocycles. The van der Waals surface area contributed by atoms with E-state index in [2.05, 4.69) is 10.1 Å². The Balaban J connectivity index is 1.93. The van der Waals surface area contributed by atoms with Crippen molar-refractivity contribution in [2.24, 2.45) is 0 Å². The van der Waals surface area contributed by atoms with Crippen LogP contribution in [0, 0.1) is 13.8 Å². The zero-order valence-corrected chi connectivity index (χ0v) is 11.0. The van der Waals surface area contributed by atoms with Gasteiger partial charge in [-0.1, -0.05) is 0 Å². The third kappa shape index (κ3) is 3.09. The predicted molar refractivity (Wildman–Crippen MR) is 70.1 cm³/mol. The van der Waals surface area contributed by atoms with E-state index in [1.165, 1.54) is 0 Å². The Kier molecular flexibility index (Phi) is 3.79. The van der Waals surface area contributed by atoms with Crippen LogP contribution in [0.1, 0.15) is 17.0 Å². The van der Waals surface area contributed by atoms with E-state index in [9.17, 15) is 4.79 Å². The van der Waals surface area contributed by atoms with Crippen LogP contribution in [0.25, 0.3) is 0 Å². The number of anilines is 1. The Morgan fingerprint density at radius 1 is 1.37 bits per heavy atom. The molecule has 0 fully saturated rings.